The molecule has 0 bridgehead atoms. The zero-order valence-electron chi connectivity index (χ0n) is 9.46. The largest absolute Gasteiger partial charge is 0.371 e. The molecule has 2 fully saturated rings. The molecule has 82 valence electrons. The highest BCUT2D eigenvalue weighted by atomic mass is 16.5. The van der Waals surface area contributed by atoms with Crippen LogP contribution in [0.1, 0.15) is 46.0 Å². The summed E-state index contributed by atoms with van der Waals surface area (Å²) in [4.78, 5) is 0. The first kappa shape index (κ1) is 10.4. The molecule has 0 aromatic rings. The van der Waals surface area contributed by atoms with E-state index in [4.69, 9.17) is 10.5 Å². The summed E-state index contributed by atoms with van der Waals surface area (Å²) in [7, 11) is 0. The van der Waals surface area contributed by atoms with Crippen molar-refractivity contribution in [2.45, 2.75) is 57.7 Å². The smallest absolute Gasteiger partial charge is 0.0716 e. The highest BCUT2D eigenvalue weighted by Crippen LogP contribution is 2.52. The molecule has 0 radical (unpaired) electrons. The van der Waals surface area contributed by atoms with Gasteiger partial charge in [0, 0.05) is 0 Å². The molecule has 1 saturated heterocycles. The normalized spacial score (nSPS) is 47.8. The summed E-state index contributed by atoms with van der Waals surface area (Å²) < 4.78 is 6.25. The second-order valence-electron chi connectivity index (χ2n) is 5.24. The van der Waals surface area contributed by atoms with Crippen LogP contribution >= 0.6 is 0 Å². The lowest BCUT2D eigenvalue weighted by Crippen LogP contribution is -2.57. The number of rotatable bonds is 2. The van der Waals surface area contributed by atoms with Crippen molar-refractivity contribution in [3.63, 3.8) is 0 Å². The number of hydrogen-bond acceptors (Lipinski definition) is 2. The molecule has 2 aliphatic rings. The van der Waals surface area contributed by atoms with Crippen molar-refractivity contribution in [3.05, 3.63) is 0 Å². The van der Waals surface area contributed by atoms with Gasteiger partial charge in [0.05, 0.1) is 11.7 Å². The van der Waals surface area contributed by atoms with E-state index in [-0.39, 0.29) is 5.60 Å². The maximum absolute atomic E-state index is 6.25. The molecule has 2 N–H and O–H groups in total. The highest BCUT2D eigenvalue weighted by molar-refractivity contribution is 5.02. The van der Waals surface area contributed by atoms with Crippen molar-refractivity contribution in [2.75, 3.05) is 6.54 Å². The molecule has 0 aromatic heterocycles. The first-order valence-corrected chi connectivity index (χ1v) is 6.06. The van der Waals surface area contributed by atoms with Crippen LogP contribution in [-0.2, 0) is 4.74 Å². The average molecular weight is 197 g/mol. The second-order valence-corrected chi connectivity index (χ2v) is 5.24. The summed E-state index contributed by atoms with van der Waals surface area (Å²) in [6, 6.07) is 0. The zero-order valence-corrected chi connectivity index (χ0v) is 9.46. The third kappa shape index (κ3) is 1.59. The minimum Gasteiger partial charge on any atom is -0.371 e. The summed E-state index contributed by atoms with van der Waals surface area (Å²) >= 11 is 0. The van der Waals surface area contributed by atoms with Gasteiger partial charge in [0.1, 0.15) is 0 Å². The van der Waals surface area contributed by atoms with Gasteiger partial charge in [-0.1, -0.05) is 13.8 Å². The van der Waals surface area contributed by atoms with Crippen LogP contribution in [0, 0.1) is 11.8 Å². The lowest BCUT2D eigenvalue weighted by atomic mass is 9.60. The summed E-state index contributed by atoms with van der Waals surface area (Å²) in [5.41, 5.74) is 5.84. The molecular formula is C12H23NO. The molecule has 1 heterocycles. The van der Waals surface area contributed by atoms with Gasteiger partial charge in [-0.15, -0.1) is 0 Å². The quantitative estimate of drug-likeness (QED) is 0.737. The standard InChI is InChI=1S/C12H23NO/c1-9-8-12(10(9)2)6-3-4-11(14-12)5-7-13/h9-11H,3-8,13H2,1-2H3. The minimum atomic E-state index is 0.248. The van der Waals surface area contributed by atoms with E-state index in [1.54, 1.807) is 0 Å². The topological polar surface area (TPSA) is 35.2 Å². The molecule has 14 heavy (non-hydrogen) atoms. The zero-order chi connectivity index (χ0) is 10.2. The Bertz CT molecular complexity index is 200. The van der Waals surface area contributed by atoms with Gasteiger partial charge in [0.2, 0.25) is 0 Å². The van der Waals surface area contributed by atoms with E-state index in [2.05, 4.69) is 13.8 Å². The fraction of sp³-hybridized carbons (Fsp3) is 1.00. The molecule has 1 aliphatic carbocycles. The van der Waals surface area contributed by atoms with E-state index in [0.717, 1.165) is 24.8 Å². The van der Waals surface area contributed by atoms with Gasteiger partial charge >= 0.3 is 0 Å². The average Bonchev–Trinajstić information content (AvgIpc) is 2.19. The van der Waals surface area contributed by atoms with Crippen LogP contribution in [0.5, 0.6) is 0 Å². The van der Waals surface area contributed by atoms with Crippen molar-refractivity contribution in [2.24, 2.45) is 17.6 Å². The van der Waals surface area contributed by atoms with Crippen LogP contribution in [0.2, 0.25) is 0 Å². The summed E-state index contributed by atoms with van der Waals surface area (Å²) in [5, 5.41) is 0. The number of ether oxygens (including phenoxy) is 1. The Morgan fingerprint density at radius 2 is 2.21 bits per heavy atom. The number of hydrogen-bond donors (Lipinski definition) is 1. The molecule has 1 saturated carbocycles. The fourth-order valence-corrected chi connectivity index (χ4v) is 3.22. The van der Waals surface area contributed by atoms with Crippen LogP contribution in [0.25, 0.3) is 0 Å². The van der Waals surface area contributed by atoms with Crippen LogP contribution in [0.4, 0.5) is 0 Å². The maximum Gasteiger partial charge on any atom is 0.0716 e. The molecule has 1 aliphatic heterocycles. The Labute approximate surface area is 87.2 Å². The molecular weight excluding hydrogens is 174 g/mol. The van der Waals surface area contributed by atoms with Crippen LogP contribution in [0.3, 0.4) is 0 Å². The number of nitrogens with two attached hydrogens (primary N) is 1. The van der Waals surface area contributed by atoms with Gasteiger partial charge in [-0.2, -0.15) is 0 Å². The van der Waals surface area contributed by atoms with Gasteiger partial charge in [-0.25, -0.2) is 0 Å². The van der Waals surface area contributed by atoms with Crippen molar-refractivity contribution >= 4 is 0 Å². The predicted octanol–water partition coefficient (Wildman–Crippen LogP) is 2.32. The SMILES string of the molecule is CC1CC2(CCCC(CCN)O2)C1C. The first-order chi connectivity index (χ1) is 6.68. The molecule has 0 aromatic carbocycles. The highest BCUT2D eigenvalue weighted by Gasteiger charge is 2.52. The third-order valence-electron chi connectivity index (χ3n) is 4.37. The molecule has 1 spiro atoms. The van der Waals surface area contributed by atoms with Crippen LogP contribution in [-0.4, -0.2) is 18.2 Å². The van der Waals surface area contributed by atoms with Crippen LogP contribution < -0.4 is 5.73 Å². The van der Waals surface area contributed by atoms with Crippen molar-refractivity contribution < 1.29 is 4.74 Å². The molecule has 4 atom stereocenters. The summed E-state index contributed by atoms with van der Waals surface area (Å²) in [6.07, 6.45) is 6.60. The molecule has 2 nitrogen and oxygen atoms in total. The fourth-order valence-electron chi connectivity index (χ4n) is 3.22. The Hall–Kier alpha value is -0.0800. The summed E-state index contributed by atoms with van der Waals surface area (Å²) in [5.74, 6) is 1.61. The molecule has 0 amide bonds. The third-order valence-corrected chi connectivity index (χ3v) is 4.37. The monoisotopic (exact) mass is 197 g/mol. The van der Waals surface area contributed by atoms with E-state index in [1.807, 2.05) is 0 Å². The Balaban J connectivity index is 1.94. The first-order valence-electron chi connectivity index (χ1n) is 6.06. The summed E-state index contributed by atoms with van der Waals surface area (Å²) in [6.45, 7) is 5.45. The van der Waals surface area contributed by atoms with Gasteiger partial charge in [0.15, 0.2) is 0 Å². The van der Waals surface area contributed by atoms with E-state index in [1.165, 1.54) is 25.7 Å². The lowest BCUT2D eigenvalue weighted by Gasteiger charge is -2.56. The van der Waals surface area contributed by atoms with Gasteiger partial charge in [-0.3, -0.25) is 0 Å². The van der Waals surface area contributed by atoms with E-state index in [0.29, 0.717) is 6.10 Å². The van der Waals surface area contributed by atoms with E-state index in [9.17, 15) is 0 Å². The van der Waals surface area contributed by atoms with Gasteiger partial charge in [-0.05, 0) is 50.5 Å². The lowest BCUT2D eigenvalue weighted by molar-refractivity contribution is -0.223. The van der Waals surface area contributed by atoms with E-state index >= 15 is 0 Å². The van der Waals surface area contributed by atoms with E-state index < -0.39 is 0 Å². The Morgan fingerprint density at radius 1 is 1.43 bits per heavy atom. The van der Waals surface area contributed by atoms with Gasteiger partial charge < -0.3 is 10.5 Å². The maximum atomic E-state index is 6.25. The van der Waals surface area contributed by atoms with Crippen LogP contribution in [0.15, 0.2) is 0 Å². The predicted molar refractivity (Wildman–Crippen MR) is 58.1 cm³/mol. The Kier molecular flexibility index (Phi) is 2.85. The second kappa shape index (κ2) is 3.82. The Morgan fingerprint density at radius 3 is 2.79 bits per heavy atom. The van der Waals surface area contributed by atoms with Crippen molar-refractivity contribution in [1.82, 2.24) is 0 Å². The van der Waals surface area contributed by atoms with Crippen molar-refractivity contribution in [3.8, 4) is 0 Å². The minimum absolute atomic E-state index is 0.248. The molecule has 2 heteroatoms. The van der Waals surface area contributed by atoms with Crippen molar-refractivity contribution in [1.29, 1.82) is 0 Å². The van der Waals surface area contributed by atoms with Gasteiger partial charge in [0.25, 0.3) is 0 Å². The molecule has 2 rings (SSSR count). The molecule has 4 unspecified atom stereocenters.